The van der Waals surface area contributed by atoms with Gasteiger partial charge in [0.25, 0.3) is 5.89 Å². The van der Waals surface area contributed by atoms with E-state index in [0.717, 1.165) is 12.8 Å². The largest absolute Gasteiger partial charge is 0.334 e. The molecule has 1 aliphatic heterocycles. The molecular weight excluding hydrogens is 402 g/mol. The Bertz CT molecular complexity index is 1120. The van der Waals surface area contributed by atoms with Crippen molar-refractivity contribution in [1.29, 1.82) is 0 Å². The number of halogens is 2. The lowest BCUT2D eigenvalue weighted by Gasteiger charge is -2.35. The molecule has 1 atom stereocenters. The van der Waals surface area contributed by atoms with E-state index in [1.54, 1.807) is 29.2 Å². The first kappa shape index (κ1) is 20.7. The van der Waals surface area contributed by atoms with Crippen molar-refractivity contribution in [2.45, 2.75) is 32.7 Å². The molecule has 0 saturated heterocycles. The number of unbranched alkanes of at least 4 members (excludes halogenated alkanes) is 1. The van der Waals surface area contributed by atoms with Gasteiger partial charge in [-0.3, -0.25) is 4.90 Å². The highest BCUT2D eigenvalue weighted by atomic mass is 19.1. The molecule has 0 spiro atoms. The smallest absolute Gasteiger partial charge is 0.322 e. The number of nitrogens with one attached hydrogen (secondary N) is 1. The van der Waals surface area contributed by atoms with Crippen molar-refractivity contribution in [3.8, 4) is 11.4 Å². The standard InChI is InChI=1S/C23H22F2N4O2/c1-3-4-12-29-14(2)19(20(26-23(29)30)16-6-5-7-18(25)13-16)22-27-21(28-31-22)15-8-10-17(24)11-9-15/h5-11,13,20H,3-4,12H2,1-2H3,(H,26,30). The molecule has 1 aromatic heterocycles. The fourth-order valence-corrected chi connectivity index (χ4v) is 3.63. The zero-order valence-electron chi connectivity index (χ0n) is 17.2. The summed E-state index contributed by atoms with van der Waals surface area (Å²) >= 11 is 0. The summed E-state index contributed by atoms with van der Waals surface area (Å²) in [6.07, 6.45) is 1.75. The van der Waals surface area contributed by atoms with E-state index in [0.29, 0.717) is 34.8 Å². The van der Waals surface area contributed by atoms with Crippen LogP contribution in [-0.4, -0.2) is 27.6 Å². The van der Waals surface area contributed by atoms with E-state index in [4.69, 9.17) is 4.52 Å². The lowest BCUT2D eigenvalue weighted by molar-refractivity contribution is 0.204. The molecule has 2 heterocycles. The molecule has 0 saturated carbocycles. The number of aromatic nitrogens is 2. The lowest BCUT2D eigenvalue weighted by Crippen LogP contribution is -2.46. The van der Waals surface area contributed by atoms with Crippen molar-refractivity contribution in [2.24, 2.45) is 0 Å². The van der Waals surface area contributed by atoms with Gasteiger partial charge in [0.2, 0.25) is 5.82 Å². The zero-order valence-corrected chi connectivity index (χ0v) is 17.2. The lowest BCUT2D eigenvalue weighted by atomic mass is 9.94. The van der Waals surface area contributed by atoms with Crippen molar-refractivity contribution in [1.82, 2.24) is 20.4 Å². The van der Waals surface area contributed by atoms with E-state index >= 15 is 0 Å². The van der Waals surface area contributed by atoms with Crippen LogP contribution in [0, 0.1) is 11.6 Å². The van der Waals surface area contributed by atoms with E-state index in [-0.39, 0.29) is 17.7 Å². The van der Waals surface area contributed by atoms with Crippen LogP contribution in [0.3, 0.4) is 0 Å². The Balaban J connectivity index is 1.80. The first-order chi connectivity index (χ1) is 15.0. The van der Waals surface area contributed by atoms with Crippen LogP contribution in [0.25, 0.3) is 17.0 Å². The molecule has 1 unspecified atom stereocenters. The van der Waals surface area contributed by atoms with Gasteiger partial charge in [0, 0.05) is 17.8 Å². The van der Waals surface area contributed by atoms with Crippen molar-refractivity contribution in [3.63, 3.8) is 0 Å². The van der Waals surface area contributed by atoms with Crippen LogP contribution in [0.4, 0.5) is 13.6 Å². The van der Waals surface area contributed by atoms with Gasteiger partial charge in [-0.05, 0) is 55.3 Å². The van der Waals surface area contributed by atoms with Gasteiger partial charge in [-0.1, -0.05) is 30.6 Å². The highest BCUT2D eigenvalue weighted by Gasteiger charge is 2.35. The van der Waals surface area contributed by atoms with Gasteiger partial charge in [0.05, 0.1) is 11.6 Å². The van der Waals surface area contributed by atoms with E-state index in [9.17, 15) is 13.6 Å². The minimum Gasteiger partial charge on any atom is -0.334 e. The van der Waals surface area contributed by atoms with Crippen LogP contribution in [0.5, 0.6) is 0 Å². The predicted molar refractivity (Wildman–Crippen MR) is 112 cm³/mol. The Morgan fingerprint density at radius 3 is 2.61 bits per heavy atom. The quantitative estimate of drug-likeness (QED) is 0.582. The summed E-state index contributed by atoms with van der Waals surface area (Å²) in [6, 6.07) is 10.9. The second kappa shape index (κ2) is 8.67. The summed E-state index contributed by atoms with van der Waals surface area (Å²) in [5.74, 6) is -0.258. The van der Waals surface area contributed by atoms with Crippen LogP contribution in [0.1, 0.15) is 44.2 Å². The third-order valence-electron chi connectivity index (χ3n) is 5.27. The van der Waals surface area contributed by atoms with Gasteiger partial charge in [0.1, 0.15) is 11.6 Å². The van der Waals surface area contributed by atoms with Crippen molar-refractivity contribution in [3.05, 3.63) is 77.3 Å². The molecule has 6 nitrogen and oxygen atoms in total. The average molecular weight is 424 g/mol. The molecule has 160 valence electrons. The minimum absolute atomic E-state index is 0.215. The minimum atomic E-state index is -0.650. The van der Waals surface area contributed by atoms with Crippen LogP contribution in [0.15, 0.2) is 58.8 Å². The monoisotopic (exact) mass is 424 g/mol. The summed E-state index contributed by atoms with van der Waals surface area (Å²) in [5, 5.41) is 6.97. The van der Waals surface area contributed by atoms with E-state index in [2.05, 4.69) is 15.5 Å². The maximum absolute atomic E-state index is 13.9. The maximum Gasteiger partial charge on any atom is 0.322 e. The topological polar surface area (TPSA) is 71.3 Å². The number of urea groups is 1. The van der Waals surface area contributed by atoms with Crippen molar-refractivity contribution < 1.29 is 18.1 Å². The summed E-state index contributed by atoms with van der Waals surface area (Å²) in [6.45, 7) is 4.40. The Labute approximate surface area is 178 Å². The second-order valence-electron chi connectivity index (χ2n) is 7.37. The summed E-state index contributed by atoms with van der Waals surface area (Å²) in [7, 11) is 0. The van der Waals surface area contributed by atoms with E-state index in [1.807, 2.05) is 13.8 Å². The normalized spacial score (nSPS) is 16.6. The van der Waals surface area contributed by atoms with Gasteiger partial charge in [-0.2, -0.15) is 4.98 Å². The number of rotatable bonds is 6. The maximum atomic E-state index is 13.9. The third-order valence-corrected chi connectivity index (χ3v) is 5.27. The average Bonchev–Trinajstić information content (AvgIpc) is 3.23. The summed E-state index contributed by atoms with van der Waals surface area (Å²) in [5.41, 5.74) is 2.43. The molecule has 1 N–H and O–H groups in total. The number of hydrogen-bond acceptors (Lipinski definition) is 4. The molecule has 8 heteroatoms. The number of hydrogen-bond donors (Lipinski definition) is 1. The second-order valence-corrected chi connectivity index (χ2v) is 7.37. The van der Waals surface area contributed by atoms with Gasteiger partial charge in [-0.25, -0.2) is 13.6 Å². The Hall–Kier alpha value is -3.55. The number of benzene rings is 2. The SMILES string of the molecule is CCCCN1C(=O)NC(c2cccc(F)c2)C(c2nc(-c3ccc(F)cc3)no2)=C1C. The Morgan fingerprint density at radius 2 is 1.90 bits per heavy atom. The van der Waals surface area contributed by atoms with Crippen LogP contribution < -0.4 is 5.32 Å². The number of allylic oxidation sites excluding steroid dienone is 1. The molecule has 0 aliphatic carbocycles. The Kier molecular flexibility index (Phi) is 5.79. The van der Waals surface area contributed by atoms with Crippen LogP contribution >= 0.6 is 0 Å². The first-order valence-electron chi connectivity index (χ1n) is 10.1. The van der Waals surface area contributed by atoms with Crippen molar-refractivity contribution >= 4 is 11.6 Å². The van der Waals surface area contributed by atoms with Crippen molar-refractivity contribution in [2.75, 3.05) is 6.54 Å². The number of carbonyl (C=O) groups is 1. The number of amides is 2. The van der Waals surface area contributed by atoms with Gasteiger partial charge in [0.15, 0.2) is 0 Å². The fraction of sp³-hybridized carbons (Fsp3) is 0.261. The third kappa shape index (κ3) is 4.19. The molecule has 3 aromatic rings. The molecule has 2 aromatic carbocycles. The molecule has 31 heavy (non-hydrogen) atoms. The van der Waals surface area contributed by atoms with E-state index in [1.165, 1.54) is 24.3 Å². The highest BCUT2D eigenvalue weighted by Crippen LogP contribution is 2.37. The summed E-state index contributed by atoms with van der Waals surface area (Å²) < 4.78 is 32.7. The highest BCUT2D eigenvalue weighted by molar-refractivity contribution is 5.86. The van der Waals surface area contributed by atoms with Crippen LogP contribution in [0.2, 0.25) is 0 Å². The molecule has 4 rings (SSSR count). The molecule has 0 fully saturated rings. The predicted octanol–water partition coefficient (Wildman–Crippen LogP) is 5.31. The van der Waals surface area contributed by atoms with Crippen LogP contribution in [-0.2, 0) is 0 Å². The molecule has 2 amide bonds. The zero-order chi connectivity index (χ0) is 22.0. The Morgan fingerprint density at radius 1 is 1.13 bits per heavy atom. The van der Waals surface area contributed by atoms with Gasteiger partial charge < -0.3 is 9.84 Å². The summed E-state index contributed by atoms with van der Waals surface area (Å²) in [4.78, 5) is 18.9. The fourth-order valence-electron chi connectivity index (χ4n) is 3.63. The van der Waals surface area contributed by atoms with Gasteiger partial charge in [-0.15, -0.1) is 0 Å². The van der Waals surface area contributed by atoms with E-state index < -0.39 is 11.9 Å². The molecular formula is C23H22F2N4O2. The molecule has 0 radical (unpaired) electrons. The van der Waals surface area contributed by atoms with Gasteiger partial charge >= 0.3 is 6.03 Å². The first-order valence-corrected chi connectivity index (χ1v) is 10.1. The number of carbonyl (C=O) groups excluding carboxylic acids is 1. The molecule has 0 bridgehead atoms. The molecule has 1 aliphatic rings. The number of nitrogens with zero attached hydrogens (tertiary/aromatic N) is 3.